The number of nitrogens with one attached hydrogen (secondary N) is 1. The molecule has 2 aliphatic heterocycles. The first-order valence-electron chi connectivity index (χ1n) is 8.22. The van der Waals surface area contributed by atoms with Gasteiger partial charge >= 0.3 is 0 Å². The molecule has 23 heavy (non-hydrogen) atoms. The Morgan fingerprint density at radius 1 is 1.17 bits per heavy atom. The van der Waals surface area contributed by atoms with Crippen molar-refractivity contribution in [2.45, 2.75) is 25.8 Å². The molecule has 0 aromatic heterocycles. The van der Waals surface area contributed by atoms with Gasteiger partial charge in [0.05, 0.1) is 19.6 Å². The lowest BCUT2D eigenvalue weighted by atomic mass is 10.2. The Labute approximate surface area is 136 Å². The first-order chi connectivity index (χ1) is 11.2. The first kappa shape index (κ1) is 15.8. The molecule has 0 unspecified atom stereocenters. The fraction of sp³-hybridized carbons (Fsp3) is 0.529. The van der Waals surface area contributed by atoms with Crippen molar-refractivity contribution in [3.05, 3.63) is 24.3 Å². The normalized spacial score (nSPS) is 21.9. The number of hydrogen-bond acceptors (Lipinski definition) is 5. The van der Waals surface area contributed by atoms with Gasteiger partial charge in [0.25, 0.3) is 5.91 Å². The van der Waals surface area contributed by atoms with E-state index in [1.807, 2.05) is 31.2 Å². The predicted octanol–water partition coefficient (Wildman–Crippen LogP) is 1.47. The zero-order chi connectivity index (χ0) is 16.2. The lowest BCUT2D eigenvalue weighted by Gasteiger charge is -2.29. The second-order valence-corrected chi connectivity index (χ2v) is 5.93. The van der Waals surface area contributed by atoms with Crippen LogP contribution in [0.4, 0.5) is 11.4 Å². The van der Waals surface area contributed by atoms with E-state index < -0.39 is 6.04 Å². The van der Waals surface area contributed by atoms with Crippen molar-refractivity contribution in [3.8, 4) is 0 Å². The van der Waals surface area contributed by atoms with E-state index in [9.17, 15) is 9.59 Å². The summed E-state index contributed by atoms with van der Waals surface area (Å²) < 4.78 is 5.36. The molecule has 124 valence electrons. The molecule has 3 rings (SSSR count). The third-order valence-electron chi connectivity index (χ3n) is 4.28. The van der Waals surface area contributed by atoms with Gasteiger partial charge in [-0.1, -0.05) is 6.92 Å². The maximum atomic E-state index is 12.2. The highest BCUT2D eigenvalue weighted by Gasteiger charge is 2.37. The number of morpholine rings is 1. The summed E-state index contributed by atoms with van der Waals surface area (Å²) in [6, 6.07) is 7.57. The number of imide groups is 1. The molecule has 0 radical (unpaired) electrons. The Morgan fingerprint density at radius 2 is 1.87 bits per heavy atom. The number of benzene rings is 1. The lowest BCUT2D eigenvalue weighted by molar-refractivity contribution is -0.138. The van der Waals surface area contributed by atoms with Crippen LogP contribution in [0.25, 0.3) is 0 Å². The summed E-state index contributed by atoms with van der Waals surface area (Å²) in [4.78, 5) is 27.8. The van der Waals surface area contributed by atoms with Crippen LogP contribution in [0.3, 0.4) is 0 Å². The third kappa shape index (κ3) is 3.47. The molecule has 6 nitrogen and oxygen atoms in total. The predicted molar refractivity (Wildman–Crippen MR) is 88.5 cm³/mol. The number of carbonyl (C=O) groups is 2. The second kappa shape index (κ2) is 7.00. The van der Waals surface area contributed by atoms with Crippen molar-refractivity contribution in [3.63, 3.8) is 0 Å². The average molecular weight is 317 g/mol. The largest absolute Gasteiger partial charge is 0.378 e. The topological polar surface area (TPSA) is 61.9 Å². The maximum Gasteiger partial charge on any atom is 0.252 e. The van der Waals surface area contributed by atoms with Gasteiger partial charge in [-0.3, -0.25) is 14.5 Å². The molecule has 1 atom stereocenters. The van der Waals surface area contributed by atoms with E-state index in [4.69, 9.17) is 4.74 Å². The van der Waals surface area contributed by atoms with Gasteiger partial charge in [0, 0.05) is 31.0 Å². The number of anilines is 2. The fourth-order valence-corrected chi connectivity index (χ4v) is 3.05. The molecule has 2 amide bonds. The monoisotopic (exact) mass is 317 g/mol. The molecule has 6 heteroatoms. The number of nitrogens with zero attached hydrogens (tertiary/aromatic N) is 2. The number of rotatable bonds is 5. The molecular weight excluding hydrogens is 294 g/mol. The van der Waals surface area contributed by atoms with Crippen molar-refractivity contribution < 1.29 is 14.3 Å². The number of likely N-dealkylation sites (tertiary alicyclic amines) is 1. The Balaban J connectivity index is 1.62. The smallest absolute Gasteiger partial charge is 0.252 e. The highest BCUT2D eigenvalue weighted by atomic mass is 16.5. The fourth-order valence-electron chi connectivity index (χ4n) is 3.05. The Morgan fingerprint density at radius 3 is 2.52 bits per heavy atom. The Kier molecular flexibility index (Phi) is 4.81. The van der Waals surface area contributed by atoms with Gasteiger partial charge in [-0.05, 0) is 30.7 Å². The van der Waals surface area contributed by atoms with Crippen LogP contribution in [-0.2, 0) is 14.3 Å². The Hall–Kier alpha value is -2.08. The standard InChI is InChI=1S/C17H23N3O3/c1-2-7-20-16(21)12-15(17(20)22)18-13-3-5-14(6-4-13)19-8-10-23-11-9-19/h3-6,15,18H,2,7-12H2,1H3/t15-/m1/s1. The summed E-state index contributed by atoms with van der Waals surface area (Å²) in [7, 11) is 0. The average Bonchev–Trinajstić information content (AvgIpc) is 2.84. The van der Waals surface area contributed by atoms with Crippen LogP contribution in [0, 0.1) is 0 Å². The van der Waals surface area contributed by atoms with Gasteiger partial charge in [0.2, 0.25) is 5.91 Å². The number of ether oxygens (including phenoxy) is 1. The van der Waals surface area contributed by atoms with Gasteiger partial charge in [0.1, 0.15) is 6.04 Å². The van der Waals surface area contributed by atoms with E-state index in [1.54, 1.807) is 0 Å². The van der Waals surface area contributed by atoms with Gasteiger partial charge in [0.15, 0.2) is 0 Å². The number of hydrogen-bond donors (Lipinski definition) is 1. The van der Waals surface area contributed by atoms with E-state index in [-0.39, 0.29) is 18.2 Å². The summed E-state index contributed by atoms with van der Waals surface area (Å²) in [5.74, 6) is -0.201. The van der Waals surface area contributed by atoms with Crippen molar-refractivity contribution in [2.75, 3.05) is 43.1 Å². The van der Waals surface area contributed by atoms with Gasteiger partial charge < -0.3 is 15.0 Å². The number of amides is 2. The van der Waals surface area contributed by atoms with Gasteiger partial charge in [-0.25, -0.2) is 0 Å². The molecule has 2 fully saturated rings. The third-order valence-corrected chi connectivity index (χ3v) is 4.28. The van der Waals surface area contributed by atoms with Crippen LogP contribution in [-0.4, -0.2) is 55.6 Å². The summed E-state index contributed by atoms with van der Waals surface area (Å²) in [5, 5.41) is 3.18. The molecule has 1 aromatic rings. The summed E-state index contributed by atoms with van der Waals surface area (Å²) in [6.07, 6.45) is 1.03. The highest BCUT2D eigenvalue weighted by Crippen LogP contribution is 2.22. The van der Waals surface area contributed by atoms with Crippen molar-refractivity contribution in [1.29, 1.82) is 0 Å². The highest BCUT2D eigenvalue weighted by molar-refractivity contribution is 6.06. The minimum atomic E-state index is -0.441. The van der Waals surface area contributed by atoms with E-state index in [1.165, 1.54) is 4.90 Å². The molecule has 0 aliphatic carbocycles. The molecule has 2 heterocycles. The molecule has 1 aromatic carbocycles. The Bertz CT molecular complexity index is 567. The van der Waals surface area contributed by atoms with Crippen molar-refractivity contribution in [1.82, 2.24) is 4.90 Å². The number of carbonyl (C=O) groups excluding carboxylic acids is 2. The van der Waals surface area contributed by atoms with Crippen LogP contribution in [0.5, 0.6) is 0 Å². The minimum absolute atomic E-state index is 0.0840. The maximum absolute atomic E-state index is 12.2. The van der Waals surface area contributed by atoms with E-state index >= 15 is 0 Å². The summed E-state index contributed by atoms with van der Waals surface area (Å²) in [5.41, 5.74) is 2.02. The van der Waals surface area contributed by atoms with E-state index in [0.29, 0.717) is 6.54 Å². The van der Waals surface area contributed by atoms with Gasteiger partial charge in [-0.2, -0.15) is 0 Å². The quantitative estimate of drug-likeness (QED) is 0.833. The zero-order valence-electron chi connectivity index (χ0n) is 13.5. The zero-order valence-corrected chi connectivity index (χ0v) is 13.5. The summed E-state index contributed by atoms with van der Waals surface area (Å²) in [6.45, 7) is 5.78. The van der Waals surface area contributed by atoms with Crippen LogP contribution < -0.4 is 10.2 Å². The molecule has 0 bridgehead atoms. The molecule has 0 saturated carbocycles. The summed E-state index contributed by atoms with van der Waals surface area (Å²) >= 11 is 0. The SMILES string of the molecule is CCCN1C(=O)C[C@@H](Nc2ccc(N3CCOCC3)cc2)C1=O. The van der Waals surface area contributed by atoms with Crippen molar-refractivity contribution in [2.24, 2.45) is 0 Å². The van der Waals surface area contributed by atoms with Gasteiger partial charge in [-0.15, -0.1) is 0 Å². The van der Waals surface area contributed by atoms with E-state index in [0.717, 1.165) is 44.1 Å². The van der Waals surface area contributed by atoms with E-state index in [2.05, 4.69) is 10.2 Å². The second-order valence-electron chi connectivity index (χ2n) is 5.93. The van der Waals surface area contributed by atoms with Crippen LogP contribution in [0.1, 0.15) is 19.8 Å². The molecule has 2 saturated heterocycles. The molecule has 1 N–H and O–H groups in total. The molecule has 0 spiro atoms. The van der Waals surface area contributed by atoms with Crippen LogP contribution in [0.15, 0.2) is 24.3 Å². The van der Waals surface area contributed by atoms with Crippen molar-refractivity contribution >= 4 is 23.2 Å². The lowest BCUT2D eigenvalue weighted by Crippen LogP contribution is -2.36. The molecular formula is C17H23N3O3. The minimum Gasteiger partial charge on any atom is -0.378 e. The molecule has 2 aliphatic rings. The van der Waals surface area contributed by atoms with Crippen LogP contribution in [0.2, 0.25) is 0 Å². The first-order valence-corrected chi connectivity index (χ1v) is 8.22. The van der Waals surface area contributed by atoms with Crippen LogP contribution >= 0.6 is 0 Å².